The molecule has 8 nitrogen and oxygen atoms in total. The van der Waals surface area contributed by atoms with Gasteiger partial charge in [0.1, 0.15) is 10.0 Å². The molecule has 0 fully saturated rings. The van der Waals surface area contributed by atoms with Gasteiger partial charge in [-0.3, -0.25) is 9.59 Å². The average molecular weight is 686 g/mol. The van der Waals surface area contributed by atoms with Crippen LogP contribution in [0.2, 0.25) is 20.1 Å². The SMILES string of the molecule is [OH+]=C([N-]N=Cc1cc(Cl)cc(Cl)c1[OH2+])c1ccccc1.[OH+]=C([N-]N=Cc1cc(Cl)cc(Cl)c1[OH2+])c1ccccc1.[Zn+2]. The Balaban J connectivity index is 0.000000280. The van der Waals surface area contributed by atoms with Crippen LogP contribution in [-0.4, -0.2) is 44.0 Å². The molecule has 204 valence electrons. The second-order valence-corrected chi connectivity index (χ2v) is 9.46. The Hall–Kier alpha value is -3.46. The van der Waals surface area contributed by atoms with E-state index < -0.39 is 0 Å². The summed E-state index contributed by atoms with van der Waals surface area (Å²) >= 11 is 23.4. The van der Waals surface area contributed by atoms with E-state index in [0.717, 1.165) is 0 Å². The predicted octanol–water partition coefficient (Wildman–Crippen LogP) is 7.38. The van der Waals surface area contributed by atoms with Crippen molar-refractivity contribution in [3.8, 4) is 11.5 Å². The van der Waals surface area contributed by atoms with Crippen molar-refractivity contribution in [3.63, 3.8) is 0 Å². The van der Waals surface area contributed by atoms with Crippen LogP contribution in [-0.2, 0) is 19.5 Å². The number of rotatable bonds is 6. The molecule has 0 aliphatic carbocycles. The van der Waals surface area contributed by atoms with Gasteiger partial charge < -0.3 is 31.3 Å². The maximum atomic E-state index is 9.71. The molecule has 0 atom stereocenters. The van der Waals surface area contributed by atoms with Crippen LogP contribution in [0.4, 0.5) is 0 Å². The Labute approximate surface area is 268 Å². The first kappa shape index (κ1) is 33.7. The van der Waals surface area contributed by atoms with Gasteiger partial charge in [0.15, 0.2) is 0 Å². The summed E-state index contributed by atoms with van der Waals surface area (Å²) in [5.74, 6) is -0.202. The molecule has 0 unspecified atom stereocenters. The average Bonchev–Trinajstić information content (AvgIpc) is 2.95. The van der Waals surface area contributed by atoms with E-state index in [1.165, 1.54) is 24.6 Å². The van der Waals surface area contributed by atoms with Crippen molar-refractivity contribution in [1.29, 1.82) is 0 Å². The van der Waals surface area contributed by atoms with Gasteiger partial charge in [-0.05, 0) is 48.5 Å². The van der Waals surface area contributed by atoms with E-state index in [-0.39, 0.29) is 52.8 Å². The predicted molar refractivity (Wildman–Crippen MR) is 166 cm³/mol. The second-order valence-electron chi connectivity index (χ2n) is 7.77. The molecule has 4 aromatic rings. The molecule has 0 aromatic heterocycles. The second kappa shape index (κ2) is 16.7. The number of hydrogen-bond acceptors (Lipinski definition) is 2. The van der Waals surface area contributed by atoms with Gasteiger partial charge in [0.2, 0.25) is 0 Å². The van der Waals surface area contributed by atoms with Crippen LogP contribution in [0, 0.1) is 0 Å². The molecular weight excluding hydrogens is 664 g/mol. The molecule has 0 radical (unpaired) electrons. The minimum Gasteiger partial charge on any atom is -0.592 e. The molecule has 4 aromatic carbocycles. The van der Waals surface area contributed by atoms with E-state index in [0.29, 0.717) is 32.3 Å². The summed E-state index contributed by atoms with van der Waals surface area (Å²) < 4.78 is 0. The first-order chi connectivity index (χ1) is 19.2. The molecular formula is C28H22Cl4N4O4Zn+4. The first-order valence-corrected chi connectivity index (χ1v) is 12.8. The van der Waals surface area contributed by atoms with E-state index in [1.54, 1.807) is 60.7 Å². The minimum atomic E-state index is -0.207. The van der Waals surface area contributed by atoms with Gasteiger partial charge in [0, 0.05) is 22.5 Å². The largest absolute Gasteiger partial charge is 2.00 e. The molecule has 0 heterocycles. The summed E-state index contributed by atoms with van der Waals surface area (Å²) in [6.45, 7) is 0. The van der Waals surface area contributed by atoms with E-state index in [9.17, 15) is 9.59 Å². The van der Waals surface area contributed by atoms with Crippen LogP contribution in [0.1, 0.15) is 22.3 Å². The molecule has 0 aliphatic rings. The van der Waals surface area contributed by atoms with Crippen molar-refractivity contribution in [1.82, 2.24) is 0 Å². The zero-order valence-corrected chi connectivity index (χ0v) is 27.1. The number of benzene rings is 4. The summed E-state index contributed by atoms with van der Waals surface area (Å²) in [4.78, 5) is 19.4. The summed E-state index contributed by atoms with van der Waals surface area (Å²) in [7, 11) is 0. The molecule has 0 saturated heterocycles. The quantitative estimate of drug-likeness (QED) is 0.0865. The number of hydrogen-bond donors (Lipinski definition) is 0. The van der Waals surface area contributed by atoms with Gasteiger partial charge >= 0.3 is 19.5 Å². The van der Waals surface area contributed by atoms with Crippen molar-refractivity contribution in [3.05, 3.63) is 138 Å². The van der Waals surface area contributed by atoms with E-state index in [1.807, 2.05) is 12.1 Å². The van der Waals surface area contributed by atoms with E-state index >= 15 is 0 Å². The van der Waals surface area contributed by atoms with Gasteiger partial charge in [0.25, 0.3) is 23.3 Å². The van der Waals surface area contributed by atoms with Gasteiger partial charge in [-0.15, -0.1) is 0 Å². The minimum absolute atomic E-state index is 0. The Morgan fingerprint density at radius 1 is 0.610 bits per heavy atom. The van der Waals surface area contributed by atoms with Crippen LogP contribution in [0.3, 0.4) is 0 Å². The van der Waals surface area contributed by atoms with Gasteiger partial charge in [0.05, 0.1) is 22.3 Å². The van der Waals surface area contributed by atoms with Crippen LogP contribution >= 0.6 is 46.4 Å². The van der Waals surface area contributed by atoms with Gasteiger partial charge in [-0.1, -0.05) is 82.8 Å². The maximum absolute atomic E-state index is 9.71. The summed E-state index contributed by atoms with van der Waals surface area (Å²) in [6, 6.07) is 23.7. The molecule has 0 bridgehead atoms. The number of amides is 2. The monoisotopic (exact) mass is 682 g/mol. The van der Waals surface area contributed by atoms with Crippen LogP contribution < -0.4 is 0 Å². The van der Waals surface area contributed by atoms with Crippen molar-refractivity contribution in [2.24, 2.45) is 10.2 Å². The molecule has 4 rings (SSSR count). The topological polar surface area (TPSA) is 142 Å². The van der Waals surface area contributed by atoms with Crippen molar-refractivity contribution in [2.45, 2.75) is 0 Å². The van der Waals surface area contributed by atoms with Gasteiger partial charge in [-0.25, -0.2) is 0 Å². The summed E-state index contributed by atoms with van der Waals surface area (Å²) in [5, 5.41) is 24.2. The Kier molecular flexibility index (Phi) is 13.8. The standard InChI is InChI=1S/2C14H10Cl2N2O2.Zn/c2*15-11-6-10(13(19)12(16)7-11)8-17-18-14(20)9-4-2-1-3-5-9;/h2*1-8H,(H2,17,18,19,20);/q;;+2/p+2. The Morgan fingerprint density at radius 3 is 1.29 bits per heavy atom. The van der Waals surface area contributed by atoms with Crippen LogP contribution in [0.15, 0.2) is 95.1 Å². The molecule has 0 aliphatic heterocycles. The molecule has 6 N–H and O–H groups in total. The first-order valence-electron chi connectivity index (χ1n) is 11.3. The zero-order valence-electron chi connectivity index (χ0n) is 21.1. The molecule has 41 heavy (non-hydrogen) atoms. The third-order valence-corrected chi connectivity index (χ3v) is 5.97. The van der Waals surface area contributed by atoms with Gasteiger partial charge in [-0.2, -0.15) is 0 Å². The Morgan fingerprint density at radius 2 is 0.951 bits per heavy atom. The fourth-order valence-corrected chi connectivity index (χ4v) is 3.99. The third-order valence-electron chi connectivity index (χ3n) is 4.93. The fourth-order valence-electron chi connectivity index (χ4n) is 2.97. The summed E-state index contributed by atoms with van der Waals surface area (Å²) in [5.41, 5.74) is 9.28. The number of halogens is 4. The maximum Gasteiger partial charge on any atom is 2.00 e. The Bertz CT molecular complexity index is 1440. The summed E-state index contributed by atoms with van der Waals surface area (Å²) in [6.07, 6.45) is 2.64. The molecule has 0 spiro atoms. The molecule has 2 amide bonds. The van der Waals surface area contributed by atoms with Crippen LogP contribution in [0.25, 0.3) is 10.9 Å². The number of nitrogens with zero attached hydrogens (tertiary/aromatic N) is 4. The van der Waals surface area contributed by atoms with E-state index in [4.69, 9.17) is 56.6 Å². The van der Waals surface area contributed by atoms with Crippen molar-refractivity contribution in [2.75, 3.05) is 0 Å². The zero-order chi connectivity index (χ0) is 29.1. The normalized spacial score (nSPS) is 10.4. The smallest absolute Gasteiger partial charge is 0.592 e. The molecule has 0 saturated carbocycles. The number of carbonyl (C=O) groups excluding carboxylic acids is 2. The molecule has 13 heteroatoms. The fraction of sp³-hybridized carbons (Fsp3) is 0. The van der Waals surface area contributed by atoms with E-state index in [2.05, 4.69) is 21.1 Å². The van der Waals surface area contributed by atoms with Crippen molar-refractivity contribution < 1.29 is 39.3 Å². The van der Waals surface area contributed by atoms with Crippen molar-refractivity contribution >= 4 is 70.6 Å². The van der Waals surface area contributed by atoms with Crippen LogP contribution in [0.5, 0.6) is 11.5 Å². The third kappa shape index (κ3) is 10.5.